The molecule has 7 nitrogen and oxygen atoms in total. The van der Waals surface area contributed by atoms with E-state index in [1.807, 2.05) is 6.92 Å². The van der Waals surface area contributed by atoms with Gasteiger partial charge < -0.3 is 10.4 Å². The normalized spacial score (nSPS) is 14.6. The highest BCUT2D eigenvalue weighted by molar-refractivity contribution is 6.22. The number of aliphatic carboxylic acids is 1. The SMILES string of the molecule is CCCCN1C(=O)c2ccc(C(=O)NC(C(=O)O)C(C)C)cc2C1=O. The van der Waals surface area contributed by atoms with Crippen LogP contribution < -0.4 is 5.32 Å². The number of carboxylic acid groups (broad SMARTS) is 1. The Morgan fingerprint density at radius 1 is 1.16 bits per heavy atom. The van der Waals surface area contributed by atoms with Crippen LogP contribution in [0.25, 0.3) is 0 Å². The predicted molar refractivity (Wildman–Crippen MR) is 90.4 cm³/mol. The summed E-state index contributed by atoms with van der Waals surface area (Å²) >= 11 is 0. The highest BCUT2D eigenvalue weighted by atomic mass is 16.4. The largest absolute Gasteiger partial charge is 0.480 e. The molecular weight excluding hydrogens is 324 g/mol. The van der Waals surface area contributed by atoms with E-state index in [1.54, 1.807) is 13.8 Å². The number of unbranched alkanes of at least 4 members (excludes halogenated alkanes) is 1. The molecule has 1 heterocycles. The summed E-state index contributed by atoms with van der Waals surface area (Å²) in [5.41, 5.74) is 0.616. The van der Waals surface area contributed by atoms with E-state index < -0.39 is 23.8 Å². The van der Waals surface area contributed by atoms with Crippen molar-refractivity contribution in [1.82, 2.24) is 10.2 Å². The van der Waals surface area contributed by atoms with Gasteiger partial charge in [-0.25, -0.2) is 4.79 Å². The standard InChI is InChI=1S/C18H22N2O5/c1-4-5-8-20-16(22)12-7-6-11(9-13(12)17(20)23)15(21)19-14(10(2)3)18(24)25/h6-7,9-10,14H,4-5,8H2,1-3H3,(H,19,21)(H,24,25). The van der Waals surface area contributed by atoms with Gasteiger partial charge in [0.25, 0.3) is 17.7 Å². The lowest BCUT2D eigenvalue weighted by Crippen LogP contribution is -2.44. The lowest BCUT2D eigenvalue weighted by atomic mass is 10.0. The second-order valence-electron chi connectivity index (χ2n) is 6.41. The van der Waals surface area contributed by atoms with Crippen molar-refractivity contribution in [2.24, 2.45) is 5.92 Å². The first-order valence-electron chi connectivity index (χ1n) is 8.31. The quantitative estimate of drug-likeness (QED) is 0.734. The number of fused-ring (bicyclic) bond motifs is 1. The van der Waals surface area contributed by atoms with Crippen molar-refractivity contribution in [2.45, 2.75) is 39.7 Å². The zero-order valence-corrected chi connectivity index (χ0v) is 14.5. The van der Waals surface area contributed by atoms with E-state index in [0.717, 1.165) is 6.42 Å². The van der Waals surface area contributed by atoms with Crippen molar-refractivity contribution in [1.29, 1.82) is 0 Å². The molecule has 1 aromatic rings. The molecule has 2 N–H and O–H groups in total. The van der Waals surface area contributed by atoms with Gasteiger partial charge in [-0.05, 0) is 30.5 Å². The van der Waals surface area contributed by atoms with Crippen LogP contribution in [0, 0.1) is 5.92 Å². The molecule has 1 unspecified atom stereocenters. The summed E-state index contributed by atoms with van der Waals surface area (Å²) in [7, 11) is 0. The number of imide groups is 1. The van der Waals surface area contributed by atoms with Crippen LogP contribution >= 0.6 is 0 Å². The number of nitrogens with zero attached hydrogens (tertiary/aromatic N) is 1. The van der Waals surface area contributed by atoms with Crippen LogP contribution in [0.2, 0.25) is 0 Å². The van der Waals surface area contributed by atoms with Gasteiger partial charge in [0.05, 0.1) is 11.1 Å². The third-order valence-electron chi connectivity index (χ3n) is 4.19. The van der Waals surface area contributed by atoms with Gasteiger partial charge in [-0.1, -0.05) is 27.2 Å². The highest BCUT2D eigenvalue weighted by Crippen LogP contribution is 2.24. The molecule has 2 rings (SSSR count). The second-order valence-corrected chi connectivity index (χ2v) is 6.41. The average molecular weight is 346 g/mol. The maximum absolute atomic E-state index is 12.4. The molecule has 134 valence electrons. The average Bonchev–Trinajstić information content (AvgIpc) is 2.80. The van der Waals surface area contributed by atoms with Gasteiger partial charge in [-0.2, -0.15) is 0 Å². The van der Waals surface area contributed by atoms with Crippen LogP contribution in [0.4, 0.5) is 0 Å². The highest BCUT2D eigenvalue weighted by Gasteiger charge is 2.35. The Balaban J connectivity index is 2.24. The van der Waals surface area contributed by atoms with E-state index in [4.69, 9.17) is 5.11 Å². The van der Waals surface area contributed by atoms with Crippen molar-refractivity contribution in [3.8, 4) is 0 Å². The fourth-order valence-corrected chi connectivity index (χ4v) is 2.69. The van der Waals surface area contributed by atoms with Crippen molar-refractivity contribution in [3.05, 3.63) is 34.9 Å². The Hall–Kier alpha value is -2.70. The van der Waals surface area contributed by atoms with Crippen LogP contribution in [0.15, 0.2) is 18.2 Å². The van der Waals surface area contributed by atoms with E-state index in [9.17, 15) is 19.2 Å². The number of benzene rings is 1. The van der Waals surface area contributed by atoms with Gasteiger partial charge in [0.15, 0.2) is 0 Å². The van der Waals surface area contributed by atoms with Gasteiger partial charge in [-0.15, -0.1) is 0 Å². The van der Waals surface area contributed by atoms with Crippen molar-refractivity contribution < 1.29 is 24.3 Å². The van der Waals surface area contributed by atoms with Gasteiger partial charge in [-0.3, -0.25) is 19.3 Å². The molecule has 0 fully saturated rings. The number of carbonyl (C=O) groups excluding carboxylic acids is 3. The monoisotopic (exact) mass is 346 g/mol. The number of amides is 3. The molecule has 0 saturated carbocycles. The molecule has 0 saturated heterocycles. The third kappa shape index (κ3) is 3.70. The summed E-state index contributed by atoms with van der Waals surface area (Å²) < 4.78 is 0. The molecule has 7 heteroatoms. The fourth-order valence-electron chi connectivity index (χ4n) is 2.69. The maximum atomic E-state index is 12.4. The van der Waals surface area contributed by atoms with Gasteiger partial charge in [0.1, 0.15) is 6.04 Å². The van der Waals surface area contributed by atoms with E-state index in [1.165, 1.54) is 23.1 Å². The van der Waals surface area contributed by atoms with Crippen molar-refractivity contribution >= 4 is 23.7 Å². The number of carbonyl (C=O) groups is 4. The van der Waals surface area contributed by atoms with Crippen molar-refractivity contribution in [3.63, 3.8) is 0 Å². The Bertz CT molecular complexity index is 726. The van der Waals surface area contributed by atoms with Gasteiger partial charge in [0.2, 0.25) is 0 Å². The molecule has 0 spiro atoms. The molecule has 0 aromatic heterocycles. The summed E-state index contributed by atoms with van der Waals surface area (Å²) in [6.07, 6.45) is 1.57. The Morgan fingerprint density at radius 3 is 2.36 bits per heavy atom. The summed E-state index contributed by atoms with van der Waals surface area (Å²) in [6.45, 7) is 5.69. The van der Waals surface area contributed by atoms with E-state index in [0.29, 0.717) is 13.0 Å². The number of carboxylic acids is 1. The molecule has 0 aliphatic carbocycles. The van der Waals surface area contributed by atoms with Crippen LogP contribution in [0.5, 0.6) is 0 Å². The molecule has 1 aliphatic rings. The molecule has 0 radical (unpaired) electrons. The fraction of sp³-hybridized carbons (Fsp3) is 0.444. The minimum Gasteiger partial charge on any atom is -0.480 e. The van der Waals surface area contributed by atoms with Crippen LogP contribution in [0.1, 0.15) is 64.7 Å². The van der Waals surface area contributed by atoms with E-state index in [2.05, 4.69) is 5.32 Å². The van der Waals surface area contributed by atoms with E-state index in [-0.39, 0.29) is 28.5 Å². The number of nitrogens with one attached hydrogen (secondary N) is 1. The Labute approximate surface area is 146 Å². The van der Waals surface area contributed by atoms with Crippen LogP contribution in [0.3, 0.4) is 0 Å². The van der Waals surface area contributed by atoms with Gasteiger partial charge >= 0.3 is 5.97 Å². The third-order valence-corrected chi connectivity index (χ3v) is 4.19. The second kappa shape index (κ2) is 7.46. The molecule has 0 bridgehead atoms. The topological polar surface area (TPSA) is 104 Å². The van der Waals surface area contributed by atoms with E-state index >= 15 is 0 Å². The first kappa shape index (κ1) is 18.6. The van der Waals surface area contributed by atoms with Crippen molar-refractivity contribution in [2.75, 3.05) is 6.54 Å². The summed E-state index contributed by atoms with van der Waals surface area (Å²) in [5.74, 6) is -2.77. The molecular formula is C18H22N2O5. The summed E-state index contributed by atoms with van der Waals surface area (Å²) in [4.78, 5) is 49.4. The molecule has 1 aliphatic heterocycles. The summed E-state index contributed by atoms with van der Waals surface area (Å²) in [6, 6.07) is 3.21. The number of rotatable bonds is 7. The minimum atomic E-state index is -1.12. The lowest BCUT2D eigenvalue weighted by Gasteiger charge is -2.18. The van der Waals surface area contributed by atoms with Crippen LogP contribution in [-0.4, -0.2) is 46.3 Å². The molecule has 25 heavy (non-hydrogen) atoms. The minimum absolute atomic E-state index is 0.157. The predicted octanol–water partition coefficient (Wildman–Crippen LogP) is 1.92. The first-order chi connectivity index (χ1) is 11.8. The molecule has 1 atom stereocenters. The Morgan fingerprint density at radius 2 is 1.80 bits per heavy atom. The molecule has 3 amide bonds. The van der Waals surface area contributed by atoms with Gasteiger partial charge in [0, 0.05) is 12.1 Å². The Kier molecular flexibility index (Phi) is 5.56. The summed E-state index contributed by atoms with van der Waals surface area (Å²) in [5, 5.41) is 11.6. The first-order valence-corrected chi connectivity index (χ1v) is 8.31. The lowest BCUT2D eigenvalue weighted by molar-refractivity contribution is -0.140. The number of hydrogen-bond donors (Lipinski definition) is 2. The zero-order valence-electron chi connectivity index (χ0n) is 14.5. The maximum Gasteiger partial charge on any atom is 0.326 e. The smallest absolute Gasteiger partial charge is 0.326 e. The number of hydrogen-bond acceptors (Lipinski definition) is 4. The molecule has 1 aromatic carbocycles. The van der Waals surface area contributed by atoms with Crippen LogP contribution in [-0.2, 0) is 4.79 Å². The zero-order chi connectivity index (χ0) is 18.7.